The molecule has 0 aromatic heterocycles. The molecule has 21 heavy (non-hydrogen) atoms. The van der Waals surface area contributed by atoms with Crippen molar-refractivity contribution >= 4 is 39.5 Å². The van der Waals surface area contributed by atoms with Gasteiger partial charge in [-0.25, -0.2) is 0 Å². The predicted molar refractivity (Wildman–Crippen MR) is 91.9 cm³/mol. The van der Waals surface area contributed by atoms with Crippen LogP contribution in [-0.2, 0) is 0 Å². The molecule has 2 heterocycles. The average Bonchev–Trinajstić information content (AvgIpc) is 2.75. The second kappa shape index (κ2) is 4.55. The zero-order chi connectivity index (χ0) is 14.6. The Balaban J connectivity index is 1.84. The lowest BCUT2D eigenvalue weighted by molar-refractivity contribution is 0.202. The highest BCUT2D eigenvalue weighted by molar-refractivity contribution is 9.10. The molecular formula is C17H14BrNOS. The molecule has 2 aromatic rings. The molecule has 0 fully saturated rings. The molecule has 4 heteroatoms. The number of hydrogen-bond donors (Lipinski definition) is 0. The Kier molecular flexibility index (Phi) is 2.88. The largest absolute Gasteiger partial charge is 0.454 e. The normalized spacial score (nSPS) is 22.6. The molecule has 0 aliphatic carbocycles. The number of ether oxygens (including phenoxy) is 1. The first kappa shape index (κ1) is 13.3. The summed E-state index contributed by atoms with van der Waals surface area (Å²) in [6.07, 6.45) is 2.22. The summed E-state index contributed by atoms with van der Waals surface area (Å²) in [5.41, 5.74) is 3.55. The summed E-state index contributed by atoms with van der Waals surface area (Å²) in [6.45, 7) is 2.14. The SMILES string of the molecule is CC1=Cc2cc(Br)ccc2OC12Sc1ccccc1N2C. The van der Waals surface area contributed by atoms with Crippen LogP contribution < -0.4 is 9.64 Å². The first-order valence-electron chi connectivity index (χ1n) is 6.79. The van der Waals surface area contributed by atoms with E-state index in [2.05, 4.69) is 71.2 Å². The van der Waals surface area contributed by atoms with Gasteiger partial charge in [0, 0.05) is 27.6 Å². The van der Waals surface area contributed by atoms with E-state index in [1.807, 2.05) is 12.1 Å². The lowest BCUT2D eigenvalue weighted by Crippen LogP contribution is -2.48. The van der Waals surface area contributed by atoms with Crippen molar-refractivity contribution in [3.63, 3.8) is 0 Å². The number of para-hydroxylation sites is 1. The Hall–Kier alpha value is -1.39. The molecule has 1 unspecified atom stereocenters. The molecule has 2 aromatic carbocycles. The van der Waals surface area contributed by atoms with E-state index in [4.69, 9.17) is 4.74 Å². The fourth-order valence-electron chi connectivity index (χ4n) is 2.91. The standard InChI is InChI=1S/C17H14BrNOS/c1-11-9-12-10-13(18)7-8-15(12)20-17(11)19(2)14-5-3-4-6-16(14)21-17/h3-10H,1-2H3. The van der Waals surface area contributed by atoms with E-state index in [1.54, 1.807) is 11.8 Å². The number of benzene rings is 2. The average molecular weight is 360 g/mol. The molecule has 1 spiro atoms. The zero-order valence-corrected chi connectivity index (χ0v) is 14.2. The van der Waals surface area contributed by atoms with Crippen LogP contribution in [-0.4, -0.2) is 12.1 Å². The number of likely N-dealkylation sites (N-methyl/N-ethyl adjacent to an activating group) is 1. The molecule has 0 N–H and O–H groups in total. The van der Waals surface area contributed by atoms with Crippen LogP contribution in [0.2, 0.25) is 0 Å². The van der Waals surface area contributed by atoms with Crippen molar-refractivity contribution in [1.29, 1.82) is 0 Å². The second-order valence-electron chi connectivity index (χ2n) is 5.32. The number of thioether (sulfide) groups is 1. The predicted octanol–water partition coefficient (Wildman–Crippen LogP) is 5.14. The minimum absolute atomic E-state index is 0.468. The Bertz CT molecular complexity index is 773. The second-order valence-corrected chi connectivity index (χ2v) is 7.44. The molecule has 106 valence electrons. The van der Waals surface area contributed by atoms with Crippen molar-refractivity contribution in [3.8, 4) is 5.75 Å². The fraction of sp³-hybridized carbons (Fsp3) is 0.176. The van der Waals surface area contributed by atoms with E-state index in [0.29, 0.717) is 0 Å². The van der Waals surface area contributed by atoms with Gasteiger partial charge in [-0.1, -0.05) is 28.1 Å². The monoisotopic (exact) mass is 359 g/mol. The van der Waals surface area contributed by atoms with Crippen LogP contribution in [0.3, 0.4) is 0 Å². The fourth-order valence-corrected chi connectivity index (χ4v) is 4.63. The van der Waals surface area contributed by atoms with Crippen molar-refractivity contribution in [1.82, 2.24) is 0 Å². The molecule has 2 aliphatic heterocycles. The van der Waals surface area contributed by atoms with Gasteiger partial charge < -0.3 is 9.64 Å². The maximum absolute atomic E-state index is 6.44. The summed E-state index contributed by atoms with van der Waals surface area (Å²) >= 11 is 5.29. The molecule has 0 bridgehead atoms. The molecule has 4 rings (SSSR count). The number of fused-ring (bicyclic) bond motifs is 2. The Labute approximate surface area is 136 Å². The van der Waals surface area contributed by atoms with E-state index in [1.165, 1.54) is 16.2 Å². The van der Waals surface area contributed by atoms with Gasteiger partial charge in [-0.3, -0.25) is 0 Å². The third-order valence-electron chi connectivity index (χ3n) is 4.01. The van der Waals surface area contributed by atoms with Crippen molar-refractivity contribution < 1.29 is 4.74 Å². The lowest BCUT2D eigenvalue weighted by Gasteiger charge is -2.40. The summed E-state index contributed by atoms with van der Waals surface area (Å²) in [7, 11) is 2.10. The molecule has 0 radical (unpaired) electrons. The van der Waals surface area contributed by atoms with E-state index in [-0.39, 0.29) is 0 Å². The molecule has 1 atom stereocenters. The first-order valence-corrected chi connectivity index (χ1v) is 8.40. The van der Waals surface area contributed by atoms with Crippen LogP contribution in [0.1, 0.15) is 12.5 Å². The summed E-state index contributed by atoms with van der Waals surface area (Å²) < 4.78 is 7.51. The van der Waals surface area contributed by atoms with Crippen LogP contribution in [0.4, 0.5) is 5.69 Å². The summed E-state index contributed by atoms with van der Waals surface area (Å²) in [4.78, 5) is 3.48. The lowest BCUT2D eigenvalue weighted by atomic mass is 10.1. The third-order valence-corrected chi connectivity index (χ3v) is 6.02. The van der Waals surface area contributed by atoms with Gasteiger partial charge in [-0.15, -0.1) is 0 Å². The number of hydrogen-bond acceptors (Lipinski definition) is 3. The van der Waals surface area contributed by atoms with Gasteiger partial charge in [0.2, 0.25) is 0 Å². The number of nitrogens with zero attached hydrogens (tertiary/aromatic N) is 1. The highest BCUT2D eigenvalue weighted by Gasteiger charge is 2.48. The topological polar surface area (TPSA) is 12.5 Å². The Morgan fingerprint density at radius 2 is 2.00 bits per heavy atom. The molecule has 0 saturated heterocycles. The number of halogens is 1. The first-order chi connectivity index (χ1) is 10.1. The van der Waals surface area contributed by atoms with Crippen molar-refractivity contribution in [2.24, 2.45) is 0 Å². The smallest absolute Gasteiger partial charge is 0.258 e. The van der Waals surface area contributed by atoms with Crippen molar-refractivity contribution in [2.45, 2.75) is 16.9 Å². The highest BCUT2D eigenvalue weighted by atomic mass is 79.9. The van der Waals surface area contributed by atoms with Gasteiger partial charge in [-0.05, 0) is 55.1 Å². The van der Waals surface area contributed by atoms with Crippen LogP contribution in [0, 0.1) is 0 Å². The highest BCUT2D eigenvalue weighted by Crippen LogP contribution is 2.55. The van der Waals surface area contributed by atoms with Crippen LogP contribution >= 0.6 is 27.7 Å². The van der Waals surface area contributed by atoms with Crippen LogP contribution in [0.25, 0.3) is 6.08 Å². The van der Waals surface area contributed by atoms with Gasteiger partial charge in [0.15, 0.2) is 0 Å². The maximum Gasteiger partial charge on any atom is 0.258 e. The van der Waals surface area contributed by atoms with Crippen molar-refractivity contribution in [3.05, 3.63) is 58.1 Å². The van der Waals surface area contributed by atoms with Crippen LogP contribution in [0.15, 0.2) is 57.4 Å². The van der Waals surface area contributed by atoms with E-state index >= 15 is 0 Å². The number of anilines is 1. The van der Waals surface area contributed by atoms with Gasteiger partial charge in [0.25, 0.3) is 5.06 Å². The summed E-state index contributed by atoms with van der Waals surface area (Å²) in [6, 6.07) is 14.6. The van der Waals surface area contributed by atoms with Gasteiger partial charge in [0.1, 0.15) is 5.75 Å². The van der Waals surface area contributed by atoms with Crippen molar-refractivity contribution in [2.75, 3.05) is 11.9 Å². The summed E-state index contributed by atoms with van der Waals surface area (Å²) in [5.74, 6) is 0.927. The third kappa shape index (κ3) is 1.86. The van der Waals surface area contributed by atoms with E-state index in [0.717, 1.165) is 15.8 Å². The van der Waals surface area contributed by atoms with Crippen LogP contribution in [0.5, 0.6) is 5.75 Å². The molecule has 2 aliphatic rings. The van der Waals surface area contributed by atoms with E-state index < -0.39 is 5.06 Å². The van der Waals surface area contributed by atoms with E-state index in [9.17, 15) is 0 Å². The number of rotatable bonds is 0. The molecule has 2 nitrogen and oxygen atoms in total. The maximum atomic E-state index is 6.44. The minimum atomic E-state index is -0.468. The van der Waals surface area contributed by atoms with Gasteiger partial charge in [0.05, 0.1) is 5.69 Å². The minimum Gasteiger partial charge on any atom is -0.454 e. The Morgan fingerprint density at radius 3 is 2.81 bits per heavy atom. The van der Waals surface area contributed by atoms with Gasteiger partial charge >= 0.3 is 0 Å². The molecule has 0 amide bonds. The molecule has 0 saturated carbocycles. The quantitative estimate of drug-likeness (QED) is 0.645. The zero-order valence-electron chi connectivity index (χ0n) is 11.8. The Morgan fingerprint density at radius 1 is 1.19 bits per heavy atom. The molecular weight excluding hydrogens is 346 g/mol. The summed E-state index contributed by atoms with van der Waals surface area (Å²) in [5, 5.41) is -0.468. The van der Waals surface area contributed by atoms with Gasteiger partial charge in [-0.2, -0.15) is 0 Å².